The molecule has 2 rings (SSSR count). The monoisotopic (exact) mass is 290 g/mol. The zero-order valence-corrected chi connectivity index (χ0v) is 12.9. The van der Waals surface area contributed by atoms with Crippen molar-refractivity contribution in [3.63, 3.8) is 0 Å². The first-order valence-corrected chi connectivity index (χ1v) is 7.34. The molecule has 0 fully saturated rings. The Morgan fingerprint density at radius 2 is 1.95 bits per heavy atom. The number of hydrogen-bond donors (Lipinski definition) is 0. The number of carbonyl (C=O) groups excluding carboxylic acids is 1. The first kappa shape index (κ1) is 14.8. The van der Waals surface area contributed by atoms with Crippen molar-refractivity contribution in [1.29, 1.82) is 0 Å². The number of fused-ring (bicyclic) bond motifs is 1. The fraction of sp³-hybridized carbons (Fsp3) is 0.400. The summed E-state index contributed by atoms with van der Waals surface area (Å²) in [5.41, 5.74) is 0.404. The second-order valence-electron chi connectivity index (χ2n) is 5.49. The van der Waals surface area contributed by atoms with E-state index in [9.17, 15) is 4.79 Å². The van der Waals surface area contributed by atoms with Gasteiger partial charge in [0.15, 0.2) is 0 Å². The number of benzene rings is 1. The molecule has 1 unspecified atom stereocenters. The van der Waals surface area contributed by atoms with Gasteiger partial charge in [-0.3, -0.25) is 4.79 Å². The predicted octanol–water partition coefficient (Wildman–Crippen LogP) is 3.45. The van der Waals surface area contributed by atoms with Crippen molar-refractivity contribution in [2.24, 2.45) is 0 Å². The quantitative estimate of drug-likeness (QED) is 0.492. The number of ether oxygens (including phenoxy) is 1. The van der Waals surface area contributed by atoms with E-state index in [1.165, 1.54) is 18.1 Å². The van der Waals surface area contributed by atoms with Gasteiger partial charge in [-0.15, -0.1) is 0 Å². The van der Waals surface area contributed by atoms with Gasteiger partial charge in [-0.2, -0.15) is 0 Å². The molecule has 1 aromatic carbocycles. The van der Waals surface area contributed by atoms with Crippen molar-refractivity contribution in [3.8, 4) is 0 Å². The molecule has 0 radical (unpaired) electrons. The third-order valence-electron chi connectivity index (χ3n) is 2.53. The van der Waals surface area contributed by atoms with Gasteiger partial charge in [0.05, 0.1) is 5.52 Å². The topological polar surface area (TPSA) is 52.1 Å². The Labute approximate surface area is 123 Å². The fourth-order valence-corrected chi connectivity index (χ4v) is 2.56. The largest absolute Gasteiger partial charge is 0.459 e. The van der Waals surface area contributed by atoms with E-state index < -0.39 is 5.60 Å². The van der Waals surface area contributed by atoms with Crippen LogP contribution in [0.1, 0.15) is 27.7 Å². The molecule has 0 aliphatic heterocycles. The normalized spacial score (nSPS) is 13.2. The van der Waals surface area contributed by atoms with E-state index in [1.807, 2.05) is 52.0 Å². The summed E-state index contributed by atoms with van der Waals surface area (Å²) in [6.07, 6.45) is 1.52. The summed E-state index contributed by atoms with van der Waals surface area (Å²) in [5, 5.41) is 1.44. The first-order valence-electron chi connectivity index (χ1n) is 6.46. The highest BCUT2D eigenvalue weighted by atomic mass is 32.2. The van der Waals surface area contributed by atoms with Gasteiger partial charge in [0.2, 0.25) is 0 Å². The molecule has 2 aromatic rings. The van der Waals surface area contributed by atoms with Gasteiger partial charge in [0.25, 0.3) is 0 Å². The van der Waals surface area contributed by atoms with Crippen molar-refractivity contribution >= 4 is 28.6 Å². The number of aromatic nitrogens is 2. The second kappa shape index (κ2) is 5.79. The molecule has 1 atom stereocenters. The summed E-state index contributed by atoms with van der Waals surface area (Å²) >= 11 is 1.40. The van der Waals surface area contributed by atoms with Crippen LogP contribution in [0.2, 0.25) is 0 Å². The number of carbonyl (C=O) groups is 1. The Kier molecular flexibility index (Phi) is 4.28. The molecule has 0 aliphatic carbocycles. The maximum Gasteiger partial charge on any atom is 0.319 e. The minimum Gasteiger partial charge on any atom is -0.459 e. The minimum absolute atomic E-state index is 0.231. The van der Waals surface area contributed by atoms with Crippen LogP contribution >= 0.6 is 11.8 Å². The summed E-state index contributed by atoms with van der Waals surface area (Å²) in [4.78, 5) is 20.5. The lowest BCUT2D eigenvalue weighted by atomic mass is 10.2. The fourth-order valence-electron chi connectivity index (χ4n) is 1.67. The van der Waals surface area contributed by atoms with Crippen LogP contribution in [0, 0.1) is 0 Å². The van der Waals surface area contributed by atoms with Crippen molar-refractivity contribution in [3.05, 3.63) is 30.6 Å². The standard InChI is InChI=1S/C15H18N2O2S/c1-10(14(18)19-15(2,3)4)20-13-11-7-5-6-8-12(11)16-9-17-13/h5-10H,1-4H3. The van der Waals surface area contributed by atoms with Crippen LogP contribution in [0.5, 0.6) is 0 Å². The SMILES string of the molecule is CC(Sc1ncnc2ccccc12)C(=O)OC(C)(C)C. The lowest BCUT2D eigenvalue weighted by molar-refractivity contribution is -0.153. The highest BCUT2D eigenvalue weighted by Gasteiger charge is 2.23. The van der Waals surface area contributed by atoms with Crippen LogP contribution in [-0.4, -0.2) is 26.8 Å². The summed E-state index contributed by atoms with van der Waals surface area (Å²) in [6.45, 7) is 7.42. The maximum atomic E-state index is 12.0. The third kappa shape index (κ3) is 3.70. The molecule has 5 heteroatoms. The number of hydrogen-bond acceptors (Lipinski definition) is 5. The van der Waals surface area contributed by atoms with E-state index in [2.05, 4.69) is 9.97 Å². The molecular formula is C15H18N2O2S. The van der Waals surface area contributed by atoms with Gasteiger partial charge < -0.3 is 4.74 Å². The molecular weight excluding hydrogens is 272 g/mol. The van der Waals surface area contributed by atoms with Gasteiger partial charge in [-0.05, 0) is 33.8 Å². The maximum absolute atomic E-state index is 12.0. The van der Waals surface area contributed by atoms with Crippen molar-refractivity contribution in [2.75, 3.05) is 0 Å². The molecule has 0 amide bonds. The highest BCUT2D eigenvalue weighted by Crippen LogP contribution is 2.28. The summed E-state index contributed by atoms with van der Waals surface area (Å²) in [6, 6.07) is 7.76. The average molecular weight is 290 g/mol. The van der Waals surface area contributed by atoms with Gasteiger partial charge in [0.1, 0.15) is 22.2 Å². The van der Waals surface area contributed by atoms with Gasteiger partial charge in [0, 0.05) is 5.39 Å². The molecule has 1 aromatic heterocycles. The van der Waals surface area contributed by atoms with Crippen LogP contribution in [-0.2, 0) is 9.53 Å². The average Bonchev–Trinajstić information content (AvgIpc) is 2.37. The van der Waals surface area contributed by atoms with Gasteiger partial charge >= 0.3 is 5.97 Å². The molecule has 106 valence electrons. The van der Waals surface area contributed by atoms with E-state index in [0.717, 1.165) is 15.9 Å². The van der Waals surface area contributed by atoms with Gasteiger partial charge in [-0.1, -0.05) is 30.0 Å². The predicted molar refractivity (Wildman–Crippen MR) is 80.7 cm³/mol. The second-order valence-corrected chi connectivity index (χ2v) is 6.82. The molecule has 0 saturated heterocycles. The molecule has 1 heterocycles. The summed E-state index contributed by atoms with van der Waals surface area (Å²) in [5.74, 6) is -0.231. The first-order chi connectivity index (χ1) is 9.37. The van der Waals surface area contributed by atoms with E-state index in [0.29, 0.717) is 0 Å². The smallest absolute Gasteiger partial charge is 0.319 e. The third-order valence-corrected chi connectivity index (χ3v) is 3.63. The van der Waals surface area contributed by atoms with Crippen LogP contribution < -0.4 is 0 Å². The number of para-hydroxylation sites is 1. The van der Waals surface area contributed by atoms with Crippen LogP contribution in [0.4, 0.5) is 0 Å². The van der Waals surface area contributed by atoms with E-state index in [1.54, 1.807) is 0 Å². The van der Waals surface area contributed by atoms with E-state index in [4.69, 9.17) is 4.74 Å². The molecule has 0 N–H and O–H groups in total. The van der Waals surface area contributed by atoms with Crippen LogP contribution in [0.25, 0.3) is 10.9 Å². The molecule has 0 spiro atoms. The van der Waals surface area contributed by atoms with E-state index >= 15 is 0 Å². The highest BCUT2D eigenvalue weighted by molar-refractivity contribution is 8.00. The molecule has 0 bridgehead atoms. The zero-order valence-electron chi connectivity index (χ0n) is 12.1. The van der Waals surface area contributed by atoms with Crippen LogP contribution in [0.15, 0.2) is 35.6 Å². The van der Waals surface area contributed by atoms with Crippen molar-refractivity contribution in [2.45, 2.75) is 43.6 Å². The van der Waals surface area contributed by atoms with Gasteiger partial charge in [-0.25, -0.2) is 9.97 Å². The summed E-state index contributed by atoms with van der Waals surface area (Å²) < 4.78 is 5.38. The van der Waals surface area contributed by atoms with Crippen LogP contribution in [0.3, 0.4) is 0 Å². The Bertz CT molecular complexity index is 617. The number of esters is 1. The Hall–Kier alpha value is -1.62. The molecule has 0 aliphatic rings. The van der Waals surface area contributed by atoms with E-state index in [-0.39, 0.29) is 11.2 Å². The lowest BCUT2D eigenvalue weighted by Crippen LogP contribution is -2.28. The number of rotatable bonds is 3. The Morgan fingerprint density at radius 1 is 1.25 bits per heavy atom. The molecule has 20 heavy (non-hydrogen) atoms. The van der Waals surface area contributed by atoms with Crippen molar-refractivity contribution < 1.29 is 9.53 Å². The molecule has 0 saturated carbocycles. The molecule has 4 nitrogen and oxygen atoms in total. The summed E-state index contributed by atoms with van der Waals surface area (Å²) in [7, 11) is 0. The van der Waals surface area contributed by atoms with Crippen molar-refractivity contribution in [1.82, 2.24) is 9.97 Å². The number of thioether (sulfide) groups is 1. The minimum atomic E-state index is -0.473. The zero-order chi connectivity index (χ0) is 14.8. The lowest BCUT2D eigenvalue weighted by Gasteiger charge is -2.22. The Morgan fingerprint density at radius 3 is 2.65 bits per heavy atom. The number of nitrogens with zero attached hydrogens (tertiary/aromatic N) is 2. The Balaban J connectivity index is 2.18.